The van der Waals surface area contributed by atoms with Crippen molar-refractivity contribution in [3.63, 3.8) is 0 Å². The van der Waals surface area contributed by atoms with Crippen molar-refractivity contribution in [1.29, 1.82) is 0 Å². The molecule has 0 aliphatic heterocycles. The smallest absolute Gasteiger partial charge is 0.216 e. The van der Waals surface area contributed by atoms with Crippen molar-refractivity contribution in [2.24, 2.45) is 0 Å². The minimum Gasteiger partial charge on any atom is -0.508 e. The lowest BCUT2D eigenvalue weighted by Gasteiger charge is -2.17. The van der Waals surface area contributed by atoms with E-state index in [1.54, 1.807) is 24.3 Å². The third-order valence-electron chi connectivity index (χ3n) is 4.91. The minimum absolute atomic E-state index is 0.0797. The number of allylic oxidation sites excluding steroid dienone is 1. The summed E-state index contributed by atoms with van der Waals surface area (Å²) in [6.45, 7) is 4.43. The molecular weight excluding hydrogens is 390 g/mol. The molecule has 5 nitrogen and oxygen atoms in total. The average Bonchev–Trinajstić information content (AvgIpc) is 2.77. The van der Waals surface area contributed by atoms with E-state index in [1.165, 1.54) is 6.92 Å². The van der Waals surface area contributed by atoms with Gasteiger partial charge in [0.25, 0.3) is 0 Å². The number of nitrogens with one attached hydrogen (secondary N) is 1. The van der Waals surface area contributed by atoms with E-state index in [9.17, 15) is 15.0 Å². The van der Waals surface area contributed by atoms with Crippen molar-refractivity contribution in [3.05, 3.63) is 89.5 Å². The highest BCUT2D eigenvalue weighted by Gasteiger charge is 2.13. The number of carbonyl (C=O) groups is 1. The Labute approximate surface area is 182 Å². The van der Waals surface area contributed by atoms with Gasteiger partial charge < -0.3 is 20.3 Å². The van der Waals surface area contributed by atoms with Crippen LogP contribution in [0.3, 0.4) is 0 Å². The fraction of sp³-hybridized carbons (Fsp3) is 0.192. The van der Waals surface area contributed by atoms with Gasteiger partial charge in [-0.1, -0.05) is 43.3 Å². The maximum Gasteiger partial charge on any atom is 0.216 e. The molecule has 0 aliphatic rings. The molecule has 0 atom stereocenters. The fourth-order valence-electron chi connectivity index (χ4n) is 3.44. The van der Waals surface area contributed by atoms with Gasteiger partial charge in [-0.05, 0) is 70.7 Å². The molecule has 0 saturated carbocycles. The van der Waals surface area contributed by atoms with Crippen LogP contribution in [0.25, 0.3) is 11.1 Å². The summed E-state index contributed by atoms with van der Waals surface area (Å²) >= 11 is 0. The molecule has 0 radical (unpaired) electrons. The molecule has 0 aliphatic carbocycles. The van der Waals surface area contributed by atoms with E-state index in [0.717, 1.165) is 40.0 Å². The van der Waals surface area contributed by atoms with Gasteiger partial charge >= 0.3 is 0 Å². The second kappa shape index (κ2) is 10.3. The monoisotopic (exact) mass is 417 g/mol. The van der Waals surface area contributed by atoms with Gasteiger partial charge in [-0.2, -0.15) is 0 Å². The van der Waals surface area contributed by atoms with Crippen LogP contribution in [0.2, 0.25) is 0 Å². The van der Waals surface area contributed by atoms with E-state index >= 15 is 0 Å². The van der Waals surface area contributed by atoms with E-state index < -0.39 is 0 Å². The summed E-state index contributed by atoms with van der Waals surface area (Å²) in [5, 5.41) is 22.1. The first-order chi connectivity index (χ1) is 15.0. The molecule has 0 fully saturated rings. The molecule has 160 valence electrons. The summed E-state index contributed by atoms with van der Waals surface area (Å²) in [7, 11) is 0. The molecular formula is C26H27NO4. The van der Waals surface area contributed by atoms with Crippen LogP contribution in [0, 0.1) is 0 Å². The lowest BCUT2D eigenvalue weighted by atomic mass is 9.88. The molecule has 0 aromatic heterocycles. The summed E-state index contributed by atoms with van der Waals surface area (Å²) in [5.74, 6) is 1.09. The van der Waals surface area contributed by atoms with Crippen molar-refractivity contribution in [1.82, 2.24) is 5.32 Å². The Morgan fingerprint density at radius 1 is 0.806 bits per heavy atom. The molecule has 0 bridgehead atoms. The number of hydrogen-bond donors (Lipinski definition) is 3. The number of phenolic OH excluding ortho intramolecular Hbond substituents is 2. The van der Waals surface area contributed by atoms with Crippen LogP contribution < -0.4 is 10.1 Å². The van der Waals surface area contributed by atoms with E-state index in [1.807, 2.05) is 48.5 Å². The van der Waals surface area contributed by atoms with Crippen molar-refractivity contribution in [2.45, 2.75) is 20.3 Å². The molecule has 31 heavy (non-hydrogen) atoms. The lowest BCUT2D eigenvalue weighted by molar-refractivity contribution is -0.119. The highest BCUT2D eigenvalue weighted by atomic mass is 16.5. The molecule has 3 rings (SSSR count). The Kier molecular flexibility index (Phi) is 7.33. The Hall–Kier alpha value is -3.73. The number of hydrogen-bond acceptors (Lipinski definition) is 4. The van der Waals surface area contributed by atoms with Gasteiger partial charge in [-0.25, -0.2) is 0 Å². The largest absolute Gasteiger partial charge is 0.508 e. The predicted octanol–water partition coefficient (Wildman–Crippen LogP) is 4.98. The summed E-state index contributed by atoms with van der Waals surface area (Å²) < 4.78 is 5.71. The van der Waals surface area contributed by atoms with Gasteiger partial charge in [-0.3, -0.25) is 4.79 Å². The lowest BCUT2D eigenvalue weighted by Crippen LogP contribution is -2.25. The third-order valence-corrected chi connectivity index (χ3v) is 4.91. The predicted molar refractivity (Wildman–Crippen MR) is 123 cm³/mol. The van der Waals surface area contributed by atoms with Crippen LogP contribution in [-0.2, 0) is 4.79 Å². The number of phenols is 2. The molecule has 3 N–H and O–H groups in total. The van der Waals surface area contributed by atoms with Crippen molar-refractivity contribution < 1.29 is 19.7 Å². The second-order valence-electron chi connectivity index (χ2n) is 7.16. The quantitative estimate of drug-likeness (QED) is 0.357. The molecule has 0 saturated heterocycles. The maximum absolute atomic E-state index is 11.0. The number of rotatable bonds is 8. The molecule has 0 spiro atoms. The van der Waals surface area contributed by atoms with Gasteiger partial charge in [0.05, 0.1) is 6.54 Å². The zero-order chi connectivity index (χ0) is 22.2. The topological polar surface area (TPSA) is 78.8 Å². The molecule has 5 heteroatoms. The van der Waals surface area contributed by atoms with Crippen LogP contribution in [0.5, 0.6) is 17.2 Å². The van der Waals surface area contributed by atoms with Gasteiger partial charge in [0.2, 0.25) is 5.91 Å². The highest BCUT2D eigenvalue weighted by molar-refractivity contribution is 5.98. The normalized spacial score (nSPS) is 11.5. The summed E-state index contributed by atoms with van der Waals surface area (Å²) in [6.07, 6.45) is 0.788. The Balaban J connectivity index is 1.97. The highest BCUT2D eigenvalue weighted by Crippen LogP contribution is 2.36. The maximum atomic E-state index is 11.0. The summed E-state index contributed by atoms with van der Waals surface area (Å²) in [5.41, 5.74) is 5.22. The molecule has 3 aromatic rings. The summed E-state index contributed by atoms with van der Waals surface area (Å²) in [6, 6.07) is 22.2. The fourth-order valence-corrected chi connectivity index (χ4v) is 3.44. The number of amides is 1. The van der Waals surface area contributed by atoms with Crippen molar-refractivity contribution >= 4 is 17.1 Å². The van der Waals surface area contributed by atoms with E-state index in [2.05, 4.69) is 12.2 Å². The van der Waals surface area contributed by atoms with E-state index in [4.69, 9.17) is 4.74 Å². The first kappa shape index (κ1) is 22.0. The Morgan fingerprint density at radius 3 is 1.77 bits per heavy atom. The van der Waals surface area contributed by atoms with Gasteiger partial charge in [0.15, 0.2) is 0 Å². The first-order valence-corrected chi connectivity index (χ1v) is 10.3. The summed E-state index contributed by atoms with van der Waals surface area (Å²) in [4.78, 5) is 11.0. The number of ether oxygens (including phenoxy) is 1. The van der Waals surface area contributed by atoms with Crippen LogP contribution in [0.1, 0.15) is 37.0 Å². The number of aromatic hydroxyl groups is 2. The van der Waals surface area contributed by atoms with Gasteiger partial charge in [0.1, 0.15) is 23.9 Å². The van der Waals surface area contributed by atoms with Gasteiger partial charge in [0, 0.05) is 6.92 Å². The van der Waals surface area contributed by atoms with Crippen LogP contribution in [0.4, 0.5) is 0 Å². The molecule has 1 amide bonds. The molecule has 0 unspecified atom stereocenters. The standard InChI is InChI=1S/C26H27NO4/c1-3-25(19-4-10-22(29)11-5-19)26(20-6-12-23(30)13-7-20)21-8-14-24(15-9-21)31-17-16-27-18(2)28/h4-15,29-30H,3,16-17H2,1-2H3,(H,27,28). The number of benzene rings is 3. The van der Waals surface area contributed by atoms with E-state index in [-0.39, 0.29) is 17.4 Å². The van der Waals surface area contributed by atoms with Crippen LogP contribution in [0.15, 0.2) is 72.8 Å². The Morgan fingerprint density at radius 2 is 1.29 bits per heavy atom. The minimum atomic E-state index is -0.0797. The van der Waals surface area contributed by atoms with Crippen LogP contribution in [-0.4, -0.2) is 29.3 Å². The molecule has 3 aromatic carbocycles. The van der Waals surface area contributed by atoms with Crippen molar-refractivity contribution in [3.8, 4) is 17.2 Å². The number of carbonyl (C=O) groups excluding carboxylic acids is 1. The van der Waals surface area contributed by atoms with Crippen molar-refractivity contribution in [2.75, 3.05) is 13.2 Å². The van der Waals surface area contributed by atoms with Gasteiger partial charge in [-0.15, -0.1) is 0 Å². The SMILES string of the molecule is CCC(=C(c1ccc(O)cc1)c1ccc(OCCNC(C)=O)cc1)c1ccc(O)cc1. The average molecular weight is 418 g/mol. The first-order valence-electron chi connectivity index (χ1n) is 10.3. The zero-order valence-electron chi connectivity index (χ0n) is 17.8. The van der Waals surface area contributed by atoms with Crippen LogP contribution >= 0.6 is 0 Å². The molecule has 0 heterocycles. The Bertz CT molecular complexity index is 1040. The second-order valence-corrected chi connectivity index (χ2v) is 7.16. The third kappa shape index (κ3) is 5.89. The van der Waals surface area contributed by atoms with E-state index in [0.29, 0.717) is 13.2 Å². The zero-order valence-corrected chi connectivity index (χ0v) is 17.8.